The van der Waals surface area contributed by atoms with E-state index in [9.17, 15) is 0 Å². The van der Waals surface area contributed by atoms with Gasteiger partial charge in [-0.15, -0.1) is 0 Å². The molecule has 120 valence electrons. The quantitative estimate of drug-likeness (QED) is 0.448. The number of benzene rings is 2. The van der Waals surface area contributed by atoms with E-state index in [1.165, 1.54) is 58.9 Å². The van der Waals surface area contributed by atoms with Gasteiger partial charge in [0.25, 0.3) is 0 Å². The molecular weight excluding hydrogens is 292 g/mol. The number of para-hydroxylation sites is 2. The Morgan fingerprint density at radius 1 is 0.583 bits per heavy atom. The molecule has 4 aromatic rings. The van der Waals surface area contributed by atoms with Crippen molar-refractivity contribution in [3.05, 3.63) is 72.1 Å². The highest BCUT2D eigenvalue weighted by Gasteiger charge is 2.25. The van der Waals surface area contributed by atoms with E-state index in [1.54, 1.807) is 0 Å². The predicted octanol–water partition coefficient (Wildman–Crippen LogP) is 6.09. The molecule has 0 bridgehead atoms. The number of H-pyrrole nitrogens is 2. The number of fused-ring (bicyclic) bond motifs is 2. The van der Waals surface area contributed by atoms with Crippen molar-refractivity contribution in [2.75, 3.05) is 0 Å². The molecule has 1 saturated carbocycles. The second kappa shape index (κ2) is 5.55. The van der Waals surface area contributed by atoms with E-state index in [2.05, 4.69) is 70.6 Å². The van der Waals surface area contributed by atoms with Crippen LogP contribution >= 0.6 is 0 Å². The largest absolute Gasteiger partial charge is 0.358 e. The van der Waals surface area contributed by atoms with Crippen LogP contribution in [0.2, 0.25) is 0 Å². The highest BCUT2D eigenvalue weighted by molar-refractivity contribution is 5.81. The Morgan fingerprint density at radius 2 is 1.00 bits per heavy atom. The Bertz CT molecular complexity index is 835. The summed E-state index contributed by atoms with van der Waals surface area (Å²) in [5, 5.41) is 2.68. The molecule has 0 unspecified atom stereocenters. The van der Waals surface area contributed by atoms with Crippen LogP contribution in [0, 0.1) is 0 Å². The molecule has 1 aliphatic carbocycles. The number of aromatic amines is 2. The van der Waals surface area contributed by atoms with Gasteiger partial charge in [0.2, 0.25) is 0 Å². The van der Waals surface area contributed by atoms with Crippen LogP contribution in [0.3, 0.4) is 0 Å². The van der Waals surface area contributed by atoms with Crippen molar-refractivity contribution in [2.24, 2.45) is 0 Å². The lowest BCUT2D eigenvalue weighted by Gasteiger charge is -2.27. The molecule has 0 saturated heterocycles. The van der Waals surface area contributed by atoms with E-state index in [-0.39, 0.29) is 0 Å². The van der Waals surface area contributed by atoms with Crippen molar-refractivity contribution in [2.45, 2.75) is 37.5 Å². The first-order chi connectivity index (χ1) is 11.9. The van der Waals surface area contributed by atoms with Crippen molar-refractivity contribution >= 4 is 21.8 Å². The molecule has 2 aromatic carbocycles. The zero-order valence-corrected chi connectivity index (χ0v) is 13.8. The molecule has 2 aromatic heterocycles. The maximum absolute atomic E-state index is 3.63. The Morgan fingerprint density at radius 3 is 1.42 bits per heavy atom. The molecule has 1 fully saturated rings. The summed E-state index contributed by atoms with van der Waals surface area (Å²) in [6, 6.07) is 21.9. The molecule has 0 spiro atoms. The molecule has 2 heteroatoms. The number of hydrogen-bond donors (Lipinski definition) is 2. The van der Waals surface area contributed by atoms with Gasteiger partial charge in [-0.25, -0.2) is 0 Å². The SMILES string of the molecule is c1ccc2[nH]c(C3CCC(c4cc5ccccc5[nH]4)CC3)cc2c1. The van der Waals surface area contributed by atoms with Gasteiger partial charge in [-0.05, 0) is 72.6 Å². The summed E-state index contributed by atoms with van der Waals surface area (Å²) in [4.78, 5) is 7.27. The van der Waals surface area contributed by atoms with Crippen LogP contribution in [0.15, 0.2) is 60.7 Å². The van der Waals surface area contributed by atoms with E-state index in [0.717, 1.165) is 0 Å². The van der Waals surface area contributed by atoms with Gasteiger partial charge in [0.05, 0.1) is 0 Å². The number of nitrogens with one attached hydrogen (secondary N) is 2. The van der Waals surface area contributed by atoms with Crippen LogP contribution in [0.4, 0.5) is 0 Å². The van der Waals surface area contributed by atoms with Crippen LogP contribution < -0.4 is 0 Å². The van der Waals surface area contributed by atoms with E-state index in [4.69, 9.17) is 0 Å². The third-order valence-electron chi connectivity index (χ3n) is 5.71. The second-order valence-corrected chi connectivity index (χ2v) is 7.17. The smallest absolute Gasteiger partial charge is 0.0456 e. The van der Waals surface area contributed by atoms with Gasteiger partial charge in [-0.1, -0.05) is 36.4 Å². The third kappa shape index (κ3) is 2.34. The lowest BCUT2D eigenvalue weighted by atomic mass is 9.79. The molecule has 0 amide bonds. The summed E-state index contributed by atoms with van der Waals surface area (Å²) in [7, 11) is 0. The van der Waals surface area contributed by atoms with Crippen LogP contribution in [0.25, 0.3) is 21.8 Å². The summed E-state index contributed by atoms with van der Waals surface area (Å²) >= 11 is 0. The normalized spacial score (nSPS) is 21.5. The van der Waals surface area contributed by atoms with Gasteiger partial charge in [0.1, 0.15) is 0 Å². The molecule has 2 nitrogen and oxygen atoms in total. The minimum absolute atomic E-state index is 0.679. The van der Waals surface area contributed by atoms with Crippen molar-refractivity contribution in [1.82, 2.24) is 9.97 Å². The average molecular weight is 314 g/mol. The van der Waals surface area contributed by atoms with Crippen molar-refractivity contribution in [3.8, 4) is 0 Å². The van der Waals surface area contributed by atoms with Crippen LogP contribution in [0.5, 0.6) is 0 Å². The standard InChI is InChI=1S/C22H22N2/c1-3-7-19-17(5-1)13-21(23-19)15-9-11-16(12-10-15)22-14-18-6-2-4-8-20(18)24-22/h1-8,13-16,23-24H,9-12H2. The topological polar surface area (TPSA) is 31.6 Å². The zero-order chi connectivity index (χ0) is 15.9. The van der Waals surface area contributed by atoms with Gasteiger partial charge in [-0.2, -0.15) is 0 Å². The Labute approximate surface area is 141 Å². The summed E-state index contributed by atoms with van der Waals surface area (Å²) in [6.07, 6.45) is 5.08. The molecule has 0 radical (unpaired) electrons. The maximum atomic E-state index is 3.63. The van der Waals surface area contributed by atoms with Crippen molar-refractivity contribution in [1.29, 1.82) is 0 Å². The predicted molar refractivity (Wildman–Crippen MR) is 101 cm³/mol. The Hall–Kier alpha value is -2.48. The highest BCUT2D eigenvalue weighted by atomic mass is 14.7. The van der Waals surface area contributed by atoms with Crippen LogP contribution in [-0.2, 0) is 0 Å². The van der Waals surface area contributed by atoms with Gasteiger partial charge in [0, 0.05) is 22.4 Å². The van der Waals surface area contributed by atoms with E-state index >= 15 is 0 Å². The van der Waals surface area contributed by atoms with Gasteiger partial charge < -0.3 is 9.97 Å². The monoisotopic (exact) mass is 314 g/mol. The molecule has 0 atom stereocenters. The summed E-state index contributed by atoms with van der Waals surface area (Å²) in [6.45, 7) is 0. The molecular formula is C22H22N2. The zero-order valence-electron chi connectivity index (χ0n) is 13.8. The Balaban J connectivity index is 1.34. The van der Waals surface area contributed by atoms with Crippen molar-refractivity contribution < 1.29 is 0 Å². The lowest BCUT2D eigenvalue weighted by Crippen LogP contribution is -2.12. The Kier molecular flexibility index (Phi) is 3.22. The first kappa shape index (κ1) is 13.9. The molecule has 2 heterocycles. The molecule has 5 rings (SSSR count). The fourth-order valence-corrected chi connectivity index (χ4v) is 4.35. The van der Waals surface area contributed by atoms with E-state index in [0.29, 0.717) is 11.8 Å². The highest BCUT2D eigenvalue weighted by Crippen LogP contribution is 2.41. The number of hydrogen-bond acceptors (Lipinski definition) is 0. The minimum atomic E-state index is 0.679. The van der Waals surface area contributed by atoms with Gasteiger partial charge in [-0.3, -0.25) is 0 Å². The number of aromatic nitrogens is 2. The molecule has 24 heavy (non-hydrogen) atoms. The summed E-state index contributed by atoms with van der Waals surface area (Å²) in [5.74, 6) is 1.36. The molecule has 1 aliphatic rings. The third-order valence-corrected chi connectivity index (χ3v) is 5.71. The fraction of sp³-hybridized carbons (Fsp3) is 0.273. The maximum Gasteiger partial charge on any atom is 0.0456 e. The van der Waals surface area contributed by atoms with E-state index in [1.807, 2.05) is 0 Å². The van der Waals surface area contributed by atoms with E-state index < -0.39 is 0 Å². The second-order valence-electron chi connectivity index (χ2n) is 7.17. The van der Waals surface area contributed by atoms with Crippen molar-refractivity contribution in [3.63, 3.8) is 0 Å². The van der Waals surface area contributed by atoms with Crippen LogP contribution in [0.1, 0.15) is 48.9 Å². The lowest BCUT2D eigenvalue weighted by molar-refractivity contribution is 0.388. The summed E-state index contributed by atoms with van der Waals surface area (Å²) < 4.78 is 0. The molecule has 0 aliphatic heterocycles. The number of rotatable bonds is 2. The first-order valence-corrected chi connectivity index (χ1v) is 9.02. The van der Waals surface area contributed by atoms with Gasteiger partial charge in [0.15, 0.2) is 0 Å². The molecule has 2 N–H and O–H groups in total. The fourth-order valence-electron chi connectivity index (χ4n) is 4.35. The van der Waals surface area contributed by atoms with Gasteiger partial charge >= 0.3 is 0 Å². The minimum Gasteiger partial charge on any atom is -0.358 e. The summed E-state index contributed by atoms with van der Waals surface area (Å²) in [5.41, 5.74) is 5.38. The first-order valence-electron chi connectivity index (χ1n) is 9.02. The van der Waals surface area contributed by atoms with Crippen LogP contribution in [-0.4, -0.2) is 9.97 Å². The average Bonchev–Trinajstić information content (AvgIpc) is 3.25.